The lowest BCUT2D eigenvalue weighted by Gasteiger charge is -2.09. The number of carbonyl (C=O) groups is 2. The van der Waals surface area contributed by atoms with Crippen molar-refractivity contribution in [2.24, 2.45) is 0 Å². The third-order valence-corrected chi connectivity index (χ3v) is 5.26. The number of sulfonamides is 1. The highest BCUT2D eigenvalue weighted by Gasteiger charge is 2.14. The number of rotatable bonds is 10. The Bertz CT molecular complexity index is 930. The van der Waals surface area contributed by atoms with Crippen molar-refractivity contribution in [3.05, 3.63) is 53.6 Å². The zero-order chi connectivity index (χ0) is 21.3. The molecule has 0 aliphatic heterocycles. The van der Waals surface area contributed by atoms with E-state index in [1.807, 2.05) is 0 Å². The zero-order valence-electron chi connectivity index (χ0n) is 15.7. The first-order chi connectivity index (χ1) is 13.8. The van der Waals surface area contributed by atoms with Crippen LogP contribution in [0.5, 0.6) is 5.75 Å². The normalized spacial score (nSPS) is 11.0. The van der Waals surface area contributed by atoms with Crippen LogP contribution in [0.25, 0.3) is 0 Å². The molecule has 1 amide bonds. The van der Waals surface area contributed by atoms with Crippen molar-refractivity contribution in [1.29, 1.82) is 0 Å². The highest BCUT2D eigenvalue weighted by molar-refractivity contribution is 7.89. The summed E-state index contributed by atoms with van der Waals surface area (Å²) >= 11 is 5.77. The van der Waals surface area contributed by atoms with Gasteiger partial charge < -0.3 is 14.8 Å². The largest absolute Gasteiger partial charge is 0.490 e. The molecule has 2 N–H and O–H groups in total. The molecule has 0 fully saturated rings. The summed E-state index contributed by atoms with van der Waals surface area (Å²) in [4.78, 5) is 22.7. The standard InChI is InChI=1S/C19H21ClN2O6S/c1-14(23)22-16-4-8-18(9-5-16)29(25,26)21-11-10-19(24)28-13-12-27-17-6-2-15(20)3-7-17/h2-9,21H,10-13H2,1H3,(H,22,23). The first-order valence-corrected chi connectivity index (χ1v) is 10.5. The number of anilines is 1. The Hall–Kier alpha value is -2.62. The second-order valence-corrected chi connectivity index (χ2v) is 8.08. The summed E-state index contributed by atoms with van der Waals surface area (Å²) in [6.45, 7) is 1.46. The molecule has 0 spiro atoms. The van der Waals surface area contributed by atoms with E-state index in [0.29, 0.717) is 16.5 Å². The number of halogens is 1. The molecule has 0 aliphatic carbocycles. The fourth-order valence-electron chi connectivity index (χ4n) is 2.21. The van der Waals surface area contributed by atoms with Gasteiger partial charge in [0.2, 0.25) is 15.9 Å². The van der Waals surface area contributed by atoms with Gasteiger partial charge in [-0.05, 0) is 48.5 Å². The lowest BCUT2D eigenvalue weighted by atomic mass is 10.3. The van der Waals surface area contributed by atoms with E-state index in [4.69, 9.17) is 21.1 Å². The second kappa shape index (κ2) is 10.8. The molecule has 2 rings (SSSR count). The van der Waals surface area contributed by atoms with Crippen LogP contribution in [-0.2, 0) is 24.3 Å². The monoisotopic (exact) mass is 440 g/mol. The van der Waals surface area contributed by atoms with Crippen molar-refractivity contribution >= 4 is 39.2 Å². The molecule has 156 valence electrons. The van der Waals surface area contributed by atoms with Crippen LogP contribution in [0.1, 0.15) is 13.3 Å². The smallest absolute Gasteiger partial charge is 0.307 e. The molecule has 2 aromatic rings. The third-order valence-electron chi connectivity index (χ3n) is 3.53. The Morgan fingerprint density at radius 1 is 1.00 bits per heavy atom. The molecule has 0 heterocycles. The number of nitrogens with one attached hydrogen (secondary N) is 2. The van der Waals surface area contributed by atoms with E-state index in [2.05, 4.69) is 10.0 Å². The Balaban J connectivity index is 1.68. The van der Waals surface area contributed by atoms with Gasteiger partial charge in [0.05, 0.1) is 11.3 Å². The molecule has 10 heteroatoms. The molecule has 8 nitrogen and oxygen atoms in total. The van der Waals surface area contributed by atoms with Gasteiger partial charge in [0.25, 0.3) is 0 Å². The topological polar surface area (TPSA) is 111 Å². The quantitative estimate of drug-likeness (QED) is 0.434. The molecule has 0 aromatic heterocycles. The van der Waals surface area contributed by atoms with Crippen LogP contribution in [0, 0.1) is 0 Å². The van der Waals surface area contributed by atoms with Crippen molar-refractivity contribution in [2.45, 2.75) is 18.2 Å². The first kappa shape index (κ1) is 22.7. The van der Waals surface area contributed by atoms with Crippen molar-refractivity contribution in [2.75, 3.05) is 25.1 Å². The molecule has 0 aliphatic rings. The van der Waals surface area contributed by atoms with Gasteiger partial charge in [0.15, 0.2) is 0 Å². The number of carbonyl (C=O) groups excluding carboxylic acids is 2. The lowest BCUT2D eigenvalue weighted by molar-refractivity contribution is -0.144. The maximum Gasteiger partial charge on any atom is 0.307 e. The maximum atomic E-state index is 12.2. The Morgan fingerprint density at radius 2 is 1.66 bits per heavy atom. The van der Waals surface area contributed by atoms with Crippen molar-refractivity contribution < 1.29 is 27.5 Å². The number of benzene rings is 2. The maximum absolute atomic E-state index is 12.2. The average Bonchev–Trinajstić information content (AvgIpc) is 2.66. The number of ether oxygens (including phenoxy) is 2. The van der Waals surface area contributed by atoms with Crippen molar-refractivity contribution in [3.8, 4) is 5.75 Å². The van der Waals surface area contributed by atoms with E-state index in [1.165, 1.54) is 31.2 Å². The van der Waals surface area contributed by atoms with Gasteiger partial charge in [-0.15, -0.1) is 0 Å². The fraction of sp³-hybridized carbons (Fsp3) is 0.263. The van der Waals surface area contributed by atoms with Gasteiger partial charge in [0.1, 0.15) is 19.0 Å². The molecule has 0 bridgehead atoms. The number of hydrogen-bond donors (Lipinski definition) is 2. The first-order valence-electron chi connectivity index (χ1n) is 8.67. The number of esters is 1. The molecule has 29 heavy (non-hydrogen) atoms. The van der Waals surface area contributed by atoms with E-state index in [9.17, 15) is 18.0 Å². The summed E-state index contributed by atoms with van der Waals surface area (Å²) in [6.07, 6.45) is -0.121. The molecular weight excluding hydrogens is 420 g/mol. The third kappa shape index (κ3) is 8.10. The van der Waals surface area contributed by atoms with Crippen LogP contribution < -0.4 is 14.8 Å². The highest BCUT2D eigenvalue weighted by atomic mass is 35.5. The summed E-state index contributed by atoms with van der Waals surface area (Å²) < 4.78 is 37.1. The Morgan fingerprint density at radius 3 is 2.28 bits per heavy atom. The van der Waals surface area contributed by atoms with Gasteiger partial charge in [-0.25, -0.2) is 13.1 Å². The Kier molecular flexibility index (Phi) is 8.44. The minimum Gasteiger partial charge on any atom is -0.490 e. The molecule has 0 atom stereocenters. The van der Waals surface area contributed by atoms with Gasteiger partial charge in [-0.3, -0.25) is 9.59 Å². The zero-order valence-corrected chi connectivity index (χ0v) is 17.3. The SMILES string of the molecule is CC(=O)Nc1ccc(S(=O)(=O)NCCC(=O)OCCOc2ccc(Cl)cc2)cc1. The summed E-state index contributed by atoms with van der Waals surface area (Å²) in [6, 6.07) is 12.4. The number of amides is 1. The van der Waals surface area contributed by atoms with E-state index in [-0.39, 0.29) is 37.0 Å². The Labute approximate surface area is 174 Å². The summed E-state index contributed by atoms with van der Waals surface area (Å²) in [5.74, 6) is -0.202. The summed E-state index contributed by atoms with van der Waals surface area (Å²) in [5, 5.41) is 3.14. The van der Waals surface area contributed by atoms with E-state index >= 15 is 0 Å². The van der Waals surface area contributed by atoms with E-state index in [0.717, 1.165) is 0 Å². The van der Waals surface area contributed by atoms with E-state index in [1.54, 1.807) is 24.3 Å². The minimum absolute atomic E-state index is 0.0244. The van der Waals surface area contributed by atoms with Gasteiger partial charge in [-0.2, -0.15) is 0 Å². The van der Waals surface area contributed by atoms with Crippen LogP contribution in [-0.4, -0.2) is 40.1 Å². The molecule has 0 saturated heterocycles. The summed E-state index contributed by atoms with van der Waals surface area (Å²) in [7, 11) is -3.77. The van der Waals surface area contributed by atoms with Gasteiger partial charge in [0, 0.05) is 24.2 Å². The summed E-state index contributed by atoms with van der Waals surface area (Å²) in [5.41, 5.74) is 0.487. The molecule has 2 aromatic carbocycles. The number of hydrogen-bond acceptors (Lipinski definition) is 6. The van der Waals surface area contributed by atoms with Crippen LogP contribution in [0.3, 0.4) is 0 Å². The second-order valence-electron chi connectivity index (χ2n) is 5.88. The molecule has 0 saturated carbocycles. The minimum atomic E-state index is -3.77. The van der Waals surface area contributed by atoms with Crippen LogP contribution in [0.2, 0.25) is 5.02 Å². The van der Waals surface area contributed by atoms with Crippen LogP contribution >= 0.6 is 11.6 Å². The predicted octanol–water partition coefficient (Wildman–Crippen LogP) is 2.59. The highest BCUT2D eigenvalue weighted by Crippen LogP contribution is 2.15. The molecular formula is C19H21ClN2O6S. The average molecular weight is 441 g/mol. The van der Waals surface area contributed by atoms with Gasteiger partial charge in [-0.1, -0.05) is 11.6 Å². The van der Waals surface area contributed by atoms with Crippen LogP contribution in [0.4, 0.5) is 5.69 Å². The van der Waals surface area contributed by atoms with Gasteiger partial charge >= 0.3 is 5.97 Å². The predicted molar refractivity (Wildman–Crippen MR) is 108 cm³/mol. The molecule has 0 radical (unpaired) electrons. The fourth-order valence-corrected chi connectivity index (χ4v) is 3.37. The lowest BCUT2D eigenvalue weighted by Crippen LogP contribution is -2.27. The van der Waals surface area contributed by atoms with Crippen molar-refractivity contribution in [3.63, 3.8) is 0 Å². The van der Waals surface area contributed by atoms with E-state index < -0.39 is 16.0 Å². The van der Waals surface area contributed by atoms with Crippen molar-refractivity contribution in [1.82, 2.24) is 4.72 Å². The van der Waals surface area contributed by atoms with Crippen LogP contribution in [0.15, 0.2) is 53.4 Å². The molecule has 0 unspecified atom stereocenters.